The Morgan fingerprint density at radius 1 is 1.36 bits per heavy atom. The number of aliphatic carboxylic acids is 1. The third-order valence-corrected chi connectivity index (χ3v) is 7.68. The summed E-state index contributed by atoms with van der Waals surface area (Å²) >= 11 is 1.77. The molecule has 5 nitrogen and oxygen atoms in total. The maximum Gasteiger partial charge on any atom is 0.308 e. The Morgan fingerprint density at radius 3 is 3.00 bits per heavy atom. The predicted octanol–water partition coefficient (Wildman–Crippen LogP) is 5.75. The van der Waals surface area contributed by atoms with E-state index in [4.69, 9.17) is 4.74 Å². The average Bonchev–Trinajstić information content (AvgIpc) is 3.35. The minimum atomic E-state index is -1.17. The van der Waals surface area contributed by atoms with Gasteiger partial charge in [0, 0.05) is 23.0 Å². The first-order valence-corrected chi connectivity index (χ1v) is 12.5. The molecule has 0 radical (unpaired) electrons. The molecule has 2 aromatic heterocycles. The zero-order valence-corrected chi connectivity index (χ0v) is 19.8. The smallest absolute Gasteiger partial charge is 0.308 e. The fraction of sp³-hybridized carbons (Fsp3) is 0.462. The van der Waals surface area contributed by atoms with Crippen LogP contribution in [-0.2, 0) is 11.2 Å². The minimum Gasteiger partial charge on any atom is -0.497 e. The number of methoxy groups -OCH3 is 1. The molecule has 4 rings (SSSR count). The topological polar surface area (TPSA) is 62.7 Å². The summed E-state index contributed by atoms with van der Waals surface area (Å²) in [7, 11) is 1.59. The largest absolute Gasteiger partial charge is 0.497 e. The fourth-order valence-corrected chi connectivity index (χ4v) is 5.64. The Bertz CT molecular complexity index is 1060. The molecule has 0 saturated carbocycles. The van der Waals surface area contributed by atoms with Gasteiger partial charge in [0.25, 0.3) is 0 Å². The highest BCUT2D eigenvalue weighted by Gasteiger charge is 2.34. The van der Waals surface area contributed by atoms with Crippen LogP contribution in [0, 0.1) is 11.8 Å². The second kappa shape index (κ2) is 11.1. The molecule has 0 aliphatic carbocycles. The highest BCUT2D eigenvalue weighted by atomic mass is 32.1. The number of carboxylic acid groups (broad SMARTS) is 1. The lowest BCUT2D eigenvalue weighted by atomic mass is 9.81. The van der Waals surface area contributed by atoms with E-state index in [-0.39, 0.29) is 5.92 Å². The first kappa shape index (κ1) is 23.6. The number of ether oxygens (including phenoxy) is 1. The molecular weight excluding hydrogens is 439 g/mol. The molecule has 1 unspecified atom stereocenters. The SMILES string of the molecule is COc1ccc2nccc(C(F)CC[C@@H]3CCN(CCCc4cccs4)C[C@@H]3C(=O)O)c2c1. The van der Waals surface area contributed by atoms with Crippen molar-refractivity contribution in [2.24, 2.45) is 11.8 Å². The lowest BCUT2D eigenvalue weighted by Gasteiger charge is -2.36. The second-order valence-corrected chi connectivity index (χ2v) is 9.84. The Kier molecular flexibility index (Phi) is 7.93. The highest BCUT2D eigenvalue weighted by molar-refractivity contribution is 7.09. The van der Waals surface area contributed by atoms with Gasteiger partial charge in [0.05, 0.1) is 18.5 Å². The molecule has 0 amide bonds. The van der Waals surface area contributed by atoms with Gasteiger partial charge in [-0.3, -0.25) is 9.78 Å². The maximum atomic E-state index is 15.3. The molecule has 0 spiro atoms. The monoisotopic (exact) mass is 470 g/mol. The van der Waals surface area contributed by atoms with Gasteiger partial charge in [-0.05, 0) is 92.4 Å². The molecule has 0 bridgehead atoms. The van der Waals surface area contributed by atoms with Crippen molar-refractivity contribution in [1.82, 2.24) is 9.88 Å². The number of hydrogen-bond donors (Lipinski definition) is 1. The quantitative estimate of drug-likeness (QED) is 0.409. The van der Waals surface area contributed by atoms with Crippen molar-refractivity contribution in [2.45, 2.75) is 38.3 Å². The number of alkyl halides is 1. The van der Waals surface area contributed by atoms with Crippen molar-refractivity contribution in [2.75, 3.05) is 26.7 Å². The number of aryl methyl sites for hydroxylation is 1. The Labute approximate surface area is 198 Å². The number of nitrogens with zero attached hydrogens (tertiary/aromatic N) is 2. The number of carboxylic acids is 1. The van der Waals surface area contributed by atoms with Gasteiger partial charge < -0.3 is 14.7 Å². The molecule has 33 heavy (non-hydrogen) atoms. The number of pyridine rings is 1. The van der Waals surface area contributed by atoms with E-state index in [9.17, 15) is 9.90 Å². The number of halogens is 1. The van der Waals surface area contributed by atoms with Crippen LogP contribution in [0.3, 0.4) is 0 Å². The average molecular weight is 471 g/mol. The summed E-state index contributed by atoms with van der Waals surface area (Å²) in [6, 6.07) is 11.4. The molecule has 7 heteroatoms. The van der Waals surface area contributed by atoms with Crippen LogP contribution in [0.25, 0.3) is 10.9 Å². The van der Waals surface area contributed by atoms with Crippen LogP contribution < -0.4 is 4.74 Å². The van der Waals surface area contributed by atoms with E-state index in [0.29, 0.717) is 30.7 Å². The van der Waals surface area contributed by atoms with E-state index < -0.39 is 18.1 Å². The summed E-state index contributed by atoms with van der Waals surface area (Å²) in [6.07, 6.45) is 4.20. The molecule has 3 atom stereocenters. The predicted molar refractivity (Wildman–Crippen MR) is 130 cm³/mol. The van der Waals surface area contributed by atoms with E-state index >= 15 is 4.39 Å². The van der Waals surface area contributed by atoms with Gasteiger partial charge in [0.1, 0.15) is 11.9 Å². The molecule has 1 aliphatic rings. The van der Waals surface area contributed by atoms with E-state index in [1.54, 1.807) is 30.7 Å². The number of likely N-dealkylation sites (tertiary alicyclic amines) is 1. The Balaban J connectivity index is 1.34. The third kappa shape index (κ3) is 5.89. The first-order chi connectivity index (χ1) is 16.0. The molecule has 3 heterocycles. The zero-order valence-electron chi connectivity index (χ0n) is 19.0. The van der Waals surface area contributed by atoms with Crippen molar-refractivity contribution in [3.63, 3.8) is 0 Å². The summed E-state index contributed by atoms with van der Waals surface area (Å²) in [4.78, 5) is 20.0. The van der Waals surface area contributed by atoms with Crippen LogP contribution in [0.15, 0.2) is 48.0 Å². The van der Waals surface area contributed by atoms with Crippen LogP contribution in [0.5, 0.6) is 5.75 Å². The summed E-state index contributed by atoms with van der Waals surface area (Å²) in [5, 5.41) is 12.7. The highest BCUT2D eigenvalue weighted by Crippen LogP contribution is 2.35. The second-order valence-electron chi connectivity index (χ2n) is 8.81. The Morgan fingerprint density at radius 2 is 2.24 bits per heavy atom. The van der Waals surface area contributed by atoms with E-state index in [0.717, 1.165) is 43.3 Å². The van der Waals surface area contributed by atoms with Crippen LogP contribution in [0.4, 0.5) is 4.39 Å². The van der Waals surface area contributed by atoms with Crippen molar-refractivity contribution >= 4 is 28.2 Å². The molecular formula is C26H31FN2O3S. The minimum absolute atomic E-state index is 0.00284. The lowest BCUT2D eigenvalue weighted by molar-refractivity contribution is -0.146. The van der Waals surface area contributed by atoms with Gasteiger partial charge in [-0.1, -0.05) is 6.07 Å². The van der Waals surface area contributed by atoms with Crippen molar-refractivity contribution in [3.8, 4) is 5.75 Å². The number of hydrogen-bond acceptors (Lipinski definition) is 5. The van der Waals surface area contributed by atoms with Crippen LogP contribution in [-0.4, -0.2) is 47.7 Å². The number of carbonyl (C=O) groups is 1. The van der Waals surface area contributed by atoms with Gasteiger partial charge in [-0.25, -0.2) is 4.39 Å². The van der Waals surface area contributed by atoms with Gasteiger partial charge in [0.15, 0.2) is 0 Å². The molecule has 3 aromatic rings. The molecule has 1 fully saturated rings. The van der Waals surface area contributed by atoms with Crippen molar-refractivity contribution < 1.29 is 19.0 Å². The number of piperidine rings is 1. The van der Waals surface area contributed by atoms with Crippen molar-refractivity contribution in [3.05, 3.63) is 58.4 Å². The van der Waals surface area contributed by atoms with E-state index in [2.05, 4.69) is 27.4 Å². The maximum absolute atomic E-state index is 15.3. The normalized spacial score (nSPS) is 20.1. The molecule has 1 N–H and O–H groups in total. The third-order valence-electron chi connectivity index (χ3n) is 6.75. The molecule has 1 aromatic carbocycles. The van der Waals surface area contributed by atoms with Gasteiger partial charge >= 0.3 is 5.97 Å². The van der Waals surface area contributed by atoms with Gasteiger partial charge in [-0.15, -0.1) is 11.3 Å². The summed E-state index contributed by atoms with van der Waals surface area (Å²) in [6.45, 7) is 2.34. The fourth-order valence-electron chi connectivity index (χ4n) is 4.89. The van der Waals surface area contributed by atoms with Crippen LogP contribution in [0.2, 0.25) is 0 Å². The van der Waals surface area contributed by atoms with Gasteiger partial charge in [-0.2, -0.15) is 0 Å². The molecule has 1 saturated heterocycles. The van der Waals surface area contributed by atoms with Crippen molar-refractivity contribution in [1.29, 1.82) is 0 Å². The number of benzene rings is 1. The van der Waals surface area contributed by atoms with Gasteiger partial charge in [0.2, 0.25) is 0 Å². The molecule has 1 aliphatic heterocycles. The van der Waals surface area contributed by atoms with Crippen LogP contribution in [0.1, 0.15) is 42.3 Å². The summed E-state index contributed by atoms with van der Waals surface area (Å²) < 4.78 is 20.6. The summed E-state index contributed by atoms with van der Waals surface area (Å²) in [5.74, 6) is -0.544. The number of rotatable bonds is 10. The number of thiophene rings is 1. The van der Waals surface area contributed by atoms with E-state index in [1.165, 1.54) is 4.88 Å². The molecule has 176 valence electrons. The summed E-state index contributed by atoms with van der Waals surface area (Å²) in [5.41, 5.74) is 1.33. The number of fused-ring (bicyclic) bond motifs is 1. The van der Waals surface area contributed by atoms with Crippen LogP contribution >= 0.6 is 11.3 Å². The van der Waals surface area contributed by atoms with E-state index in [1.807, 2.05) is 18.2 Å². The zero-order chi connectivity index (χ0) is 23.2. The standard InChI is InChI=1S/C26H31FN2O3S/c1-32-19-7-9-25-22(16-19)21(10-12-28-25)24(27)8-6-18-11-14-29(17-23(18)26(30)31)13-2-4-20-5-3-15-33-20/h3,5,7,9-10,12,15-16,18,23-24H,2,4,6,8,11,13-14,17H2,1H3,(H,30,31)/t18-,23+,24?/m1/s1. The number of aromatic nitrogens is 1. The Hall–Kier alpha value is -2.51. The lowest BCUT2D eigenvalue weighted by Crippen LogP contribution is -2.44. The first-order valence-electron chi connectivity index (χ1n) is 11.6.